The highest BCUT2D eigenvalue weighted by Crippen LogP contribution is 2.34. The second-order valence-electron chi connectivity index (χ2n) is 5.14. The first kappa shape index (κ1) is 17.7. The highest BCUT2D eigenvalue weighted by Gasteiger charge is 2.18. The van der Waals surface area contributed by atoms with Crippen LogP contribution in [0.5, 0.6) is 0 Å². The minimum absolute atomic E-state index is 0.174. The molecule has 0 aromatic carbocycles. The number of thioether (sulfide) groups is 1. The number of carboxylic acids is 1. The van der Waals surface area contributed by atoms with Crippen LogP contribution in [0.1, 0.15) is 23.8 Å². The molecule has 0 aliphatic heterocycles. The van der Waals surface area contributed by atoms with Gasteiger partial charge in [0.2, 0.25) is 5.91 Å². The van der Waals surface area contributed by atoms with E-state index >= 15 is 0 Å². The zero-order valence-electron chi connectivity index (χ0n) is 13.3. The average Bonchev–Trinajstić information content (AvgIpc) is 2.79. The number of thiophene rings is 1. The highest BCUT2D eigenvalue weighted by molar-refractivity contribution is 8.00. The van der Waals surface area contributed by atoms with Crippen molar-refractivity contribution in [3.8, 4) is 0 Å². The van der Waals surface area contributed by atoms with E-state index in [0.29, 0.717) is 6.54 Å². The first-order valence-electron chi connectivity index (χ1n) is 7.27. The van der Waals surface area contributed by atoms with Crippen LogP contribution in [0.2, 0.25) is 0 Å². The Morgan fingerprint density at radius 1 is 1.35 bits per heavy atom. The molecule has 2 heterocycles. The molecule has 0 unspecified atom stereocenters. The van der Waals surface area contributed by atoms with Gasteiger partial charge in [0.1, 0.15) is 22.7 Å². The van der Waals surface area contributed by atoms with E-state index in [1.807, 2.05) is 20.8 Å². The van der Waals surface area contributed by atoms with E-state index in [-0.39, 0.29) is 18.2 Å². The van der Waals surface area contributed by atoms with E-state index in [1.165, 1.54) is 27.9 Å². The van der Waals surface area contributed by atoms with Gasteiger partial charge in [-0.3, -0.25) is 9.59 Å². The number of aliphatic carboxylic acids is 1. The molecule has 2 rings (SSSR count). The normalized spacial score (nSPS) is 10.9. The molecule has 23 heavy (non-hydrogen) atoms. The summed E-state index contributed by atoms with van der Waals surface area (Å²) >= 11 is 2.95. The summed E-state index contributed by atoms with van der Waals surface area (Å²) < 4.78 is 0. The standard InChI is InChI=1S/C15H19N3O3S2/c1-4-5-18(6-12(20)21)11(19)7-22-14-13-9(2)10(3)23-15(13)17-8-16-14/h8H,4-7H2,1-3H3,(H,20,21). The molecular weight excluding hydrogens is 334 g/mol. The number of rotatable bonds is 7. The maximum Gasteiger partial charge on any atom is 0.323 e. The second kappa shape index (κ2) is 7.74. The van der Waals surface area contributed by atoms with Gasteiger partial charge in [-0.05, 0) is 25.8 Å². The largest absolute Gasteiger partial charge is 0.480 e. The number of carboxylic acid groups (broad SMARTS) is 1. The van der Waals surface area contributed by atoms with Crippen LogP contribution in [0, 0.1) is 13.8 Å². The molecule has 0 saturated heterocycles. The van der Waals surface area contributed by atoms with Gasteiger partial charge in [0.05, 0.1) is 5.75 Å². The van der Waals surface area contributed by atoms with Crippen molar-refractivity contribution in [1.29, 1.82) is 0 Å². The summed E-state index contributed by atoms with van der Waals surface area (Å²) in [5, 5.41) is 10.7. The Morgan fingerprint density at radius 3 is 2.74 bits per heavy atom. The summed E-state index contributed by atoms with van der Waals surface area (Å²) in [5.74, 6) is -1.01. The van der Waals surface area contributed by atoms with Crippen molar-refractivity contribution in [2.75, 3.05) is 18.8 Å². The Labute approximate surface area is 142 Å². The molecule has 0 bridgehead atoms. The Balaban J connectivity index is 2.13. The lowest BCUT2D eigenvalue weighted by atomic mass is 10.2. The van der Waals surface area contributed by atoms with Crippen LogP contribution in [-0.2, 0) is 9.59 Å². The molecule has 1 N–H and O–H groups in total. The summed E-state index contributed by atoms with van der Waals surface area (Å²) in [6, 6.07) is 0. The molecule has 0 fully saturated rings. The fourth-order valence-corrected chi connectivity index (χ4v) is 4.23. The quantitative estimate of drug-likeness (QED) is 0.609. The first-order chi connectivity index (χ1) is 10.9. The Kier molecular flexibility index (Phi) is 5.95. The van der Waals surface area contributed by atoms with Crippen LogP contribution in [0.15, 0.2) is 11.4 Å². The van der Waals surface area contributed by atoms with Crippen molar-refractivity contribution in [2.24, 2.45) is 0 Å². The maximum atomic E-state index is 12.3. The lowest BCUT2D eigenvalue weighted by molar-refractivity contribution is -0.143. The number of amides is 1. The predicted molar refractivity (Wildman–Crippen MR) is 92.1 cm³/mol. The van der Waals surface area contributed by atoms with E-state index in [1.54, 1.807) is 11.3 Å². The molecule has 0 saturated carbocycles. The third kappa shape index (κ3) is 4.20. The molecule has 1 amide bonds. The molecule has 2 aromatic rings. The van der Waals surface area contributed by atoms with Gasteiger partial charge in [0.15, 0.2) is 0 Å². The van der Waals surface area contributed by atoms with Crippen molar-refractivity contribution in [3.05, 3.63) is 16.8 Å². The summed E-state index contributed by atoms with van der Waals surface area (Å²) in [6.45, 7) is 6.17. The Bertz CT molecular complexity index is 730. The number of carbonyl (C=O) groups excluding carboxylic acids is 1. The number of fused-ring (bicyclic) bond motifs is 1. The second-order valence-corrected chi connectivity index (χ2v) is 7.31. The molecule has 0 atom stereocenters. The van der Waals surface area contributed by atoms with Gasteiger partial charge < -0.3 is 10.0 Å². The minimum Gasteiger partial charge on any atom is -0.480 e. The van der Waals surface area contributed by atoms with Crippen molar-refractivity contribution < 1.29 is 14.7 Å². The Morgan fingerprint density at radius 2 is 2.09 bits per heavy atom. The Hall–Kier alpha value is -1.67. The van der Waals surface area contributed by atoms with E-state index in [0.717, 1.165) is 27.2 Å². The van der Waals surface area contributed by atoms with Gasteiger partial charge >= 0.3 is 5.97 Å². The predicted octanol–water partition coefficient (Wildman–Crippen LogP) is 2.72. The average molecular weight is 353 g/mol. The zero-order valence-corrected chi connectivity index (χ0v) is 15.0. The summed E-state index contributed by atoms with van der Waals surface area (Å²) in [7, 11) is 0. The number of hydrogen-bond donors (Lipinski definition) is 1. The fraction of sp³-hybridized carbons (Fsp3) is 0.467. The van der Waals surface area contributed by atoms with Crippen LogP contribution in [0.25, 0.3) is 10.2 Å². The number of aryl methyl sites for hydroxylation is 2. The molecule has 0 aliphatic rings. The van der Waals surface area contributed by atoms with Crippen LogP contribution in [0.4, 0.5) is 0 Å². The van der Waals surface area contributed by atoms with Crippen molar-refractivity contribution in [3.63, 3.8) is 0 Å². The number of hydrogen-bond acceptors (Lipinski definition) is 6. The SMILES string of the molecule is CCCN(CC(=O)O)C(=O)CSc1ncnc2sc(C)c(C)c12. The van der Waals surface area contributed by atoms with Gasteiger partial charge in [-0.1, -0.05) is 18.7 Å². The number of carbonyl (C=O) groups is 2. The monoisotopic (exact) mass is 353 g/mol. The summed E-state index contributed by atoms with van der Waals surface area (Å²) in [6.07, 6.45) is 2.23. The smallest absolute Gasteiger partial charge is 0.323 e. The summed E-state index contributed by atoms with van der Waals surface area (Å²) in [5.41, 5.74) is 1.14. The molecule has 8 heteroatoms. The third-order valence-corrected chi connectivity index (χ3v) is 5.52. The molecule has 2 aromatic heterocycles. The van der Waals surface area contributed by atoms with Crippen LogP contribution in [0.3, 0.4) is 0 Å². The summed E-state index contributed by atoms with van der Waals surface area (Å²) in [4.78, 5) is 35.2. The van der Waals surface area contributed by atoms with E-state index < -0.39 is 5.97 Å². The van der Waals surface area contributed by atoms with Gasteiger partial charge in [0, 0.05) is 16.8 Å². The van der Waals surface area contributed by atoms with Crippen LogP contribution < -0.4 is 0 Å². The first-order valence-corrected chi connectivity index (χ1v) is 9.07. The van der Waals surface area contributed by atoms with Gasteiger partial charge in [-0.2, -0.15) is 0 Å². The van der Waals surface area contributed by atoms with Crippen molar-refractivity contribution >= 4 is 45.2 Å². The van der Waals surface area contributed by atoms with Gasteiger partial charge in [-0.25, -0.2) is 9.97 Å². The van der Waals surface area contributed by atoms with Crippen LogP contribution in [-0.4, -0.2) is 50.7 Å². The lowest BCUT2D eigenvalue weighted by Gasteiger charge is -2.19. The van der Waals surface area contributed by atoms with E-state index in [2.05, 4.69) is 9.97 Å². The molecule has 0 spiro atoms. The molecule has 0 radical (unpaired) electrons. The van der Waals surface area contributed by atoms with E-state index in [9.17, 15) is 9.59 Å². The maximum absolute atomic E-state index is 12.3. The minimum atomic E-state index is -0.995. The molecule has 0 aliphatic carbocycles. The topological polar surface area (TPSA) is 83.4 Å². The zero-order chi connectivity index (χ0) is 17.0. The van der Waals surface area contributed by atoms with Crippen molar-refractivity contribution in [1.82, 2.24) is 14.9 Å². The van der Waals surface area contributed by atoms with Gasteiger partial charge in [0.25, 0.3) is 0 Å². The fourth-order valence-electron chi connectivity index (χ4n) is 2.21. The molecule has 124 valence electrons. The highest BCUT2D eigenvalue weighted by atomic mass is 32.2. The number of aromatic nitrogens is 2. The van der Waals surface area contributed by atoms with Crippen molar-refractivity contribution in [2.45, 2.75) is 32.2 Å². The lowest BCUT2D eigenvalue weighted by Crippen LogP contribution is -2.37. The van der Waals surface area contributed by atoms with E-state index in [4.69, 9.17) is 5.11 Å². The third-order valence-electron chi connectivity index (χ3n) is 3.44. The molecule has 6 nitrogen and oxygen atoms in total. The van der Waals surface area contributed by atoms with Crippen LogP contribution >= 0.6 is 23.1 Å². The van der Waals surface area contributed by atoms with Gasteiger partial charge in [-0.15, -0.1) is 11.3 Å². The molecular formula is C15H19N3O3S2. The number of nitrogens with zero attached hydrogens (tertiary/aromatic N) is 3.